The van der Waals surface area contributed by atoms with Gasteiger partial charge in [-0.2, -0.15) is 0 Å². The zero-order chi connectivity index (χ0) is 16.5. The Hall–Kier alpha value is -1.22. The third kappa shape index (κ3) is 5.42. The van der Waals surface area contributed by atoms with E-state index in [-0.39, 0.29) is 0 Å². The van der Waals surface area contributed by atoms with E-state index in [1.54, 1.807) is 0 Å². The SMILES string of the molecule is CCCCN(CCCC)C(CC)Cc1ccc2c(c1)NCCO2. The minimum atomic E-state index is 0.649. The lowest BCUT2D eigenvalue weighted by molar-refractivity contribution is 0.183. The Kier molecular flexibility index (Phi) is 7.73. The van der Waals surface area contributed by atoms with Crippen LogP contribution in [0.1, 0.15) is 58.4 Å². The highest BCUT2D eigenvalue weighted by atomic mass is 16.5. The van der Waals surface area contributed by atoms with Gasteiger partial charge in [-0.3, -0.25) is 0 Å². The first-order valence-electron chi connectivity index (χ1n) is 9.52. The molecule has 0 radical (unpaired) electrons. The maximum absolute atomic E-state index is 5.69. The summed E-state index contributed by atoms with van der Waals surface area (Å²) in [4.78, 5) is 2.72. The Labute approximate surface area is 142 Å². The van der Waals surface area contributed by atoms with Crippen LogP contribution in [0, 0.1) is 0 Å². The van der Waals surface area contributed by atoms with Crippen molar-refractivity contribution in [3.8, 4) is 5.75 Å². The molecule has 3 heteroatoms. The van der Waals surface area contributed by atoms with Crippen molar-refractivity contribution in [1.82, 2.24) is 4.90 Å². The molecule has 0 amide bonds. The quantitative estimate of drug-likeness (QED) is 0.676. The maximum Gasteiger partial charge on any atom is 0.142 e. The van der Waals surface area contributed by atoms with Crippen molar-refractivity contribution in [3.63, 3.8) is 0 Å². The predicted molar refractivity (Wildman–Crippen MR) is 99.6 cm³/mol. The van der Waals surface area contributed by atoms with Crippen LogP contribution in [-0.2, 0) is 6.42 Å². The van der Waals surface area contributed by atoms with Gasteiger partial charge in [0.2, 0.25) is 0 Å². The Balaban J connectivity index is 2.03. The lowest BCUT2D eigenvalue weighted by Gasteiger charge is -2.31. The molecule has 3 nitrogen and oxygen atoms in total. The van der Waals surface area contributed by atoms with Crippen molar-refractivity contribution in [3.05, 3.63) is 23.8 Å². The van der Waals surface area contributed by atoms with Crippen LogP contribution in [0.2, 0.25) is 0 Å². The minimum Gasteiger partial charge on any atom is -0.490 e. The fourth-order valence-electron chi connectivity index (χ4n) is 3.32. The van der Waals surface area contributed by atoms with Gasteiger partial charge in [0, 0.05) is 12.6 Å². The Morgan fingerprint density at radius 1 is 1.13 bits per heavy atom. The third-order valence-electron chi connectivity index (χ3n) is 4.78. The molecule has 0 bridgehead atoms. The van der Waals surface area contributed by atoms with E-state index in [0.717, 1.165) is 31.0 Å². The second-order valence-electron chi connectivity index (χ2n) is 6.62. The summed E-state index contributed by atoms with van der Waals surface area (Å²) < 4.78 is 5.69. The number of ether oxygens (including phenoxy) is 1. The van der Waals surface area contributed by atoms with E-state index in [9.17, 15) is 0 Å². The molecular weight excluding hydrogens is 284 g/mol. The van der Waals surface area contributed by atoms with Crippen molar-refractivity contribution < 1.29 is 4.74 Å². The molecule has 1 aromatic rings. The number of benzene rings is 1. The molecule has 2 rings (SSSR count). The Morgan fingerprint density at radius 3 is 2.52 bits per heavy atom. The van der Waals surface area contributed by atoms with E-state index in [4.69, 9.17) is 4.74 Å². The number of anilines is 1. The molecule has 1 unspecified atom stereocenters. The molecule has 1 N–H and O–H groups in total. The first-order chi connectivity index (χ1) is 11.3. The molecule has 1 aromatic carbocycles. The van der Waals surface area contributed by atoms with Gasteiger partial charge in [-0.05, 0) is 56.5 Å². The van der Waals surface area contributed by atoms with E-state index < -0.39 is 0 Å². The summed E-state index contributed by atoms with van der Waals surface area (Å²) in [7, 11) is 0. The number of hydrogen-bond acceptors (Lipinski definition) is 3. The normalized spacial score (nSPS) is 15.0. The highest BCUT2D eigenvalue weighted by Crippen LogP contribution is 2.29. The second-order valence-corrected chi connectivity index (χ2v) is 6.62. The standard InChI is InChI=1S/C20H34N2O/c1-4-7-12-22(13-8-5-2)18(6-3)15-17-9-10-20-19(16-17)21-11-14-23-20/h9-10,16,18,21H,4-8,11-15H2,1-3H3. The molecule has 0 spiro atoms. The number of nitrogens with one attached hydrogen (secondary N) is 1. The first kappa shape index (κ1) is 18.1. The summed E-state index contributed by atoms with van der Waals surface area (Å²) in [5.74, 6) is 1.00. The number of rotatable bonds is 10. The summed E-state index contributed by atoms with van der Waals surface area (Å²) in [6.45, 7) is 11.1. The fourth-order valence-corrected chi connectivity index (χ4v) is 3.32. The fraction of sp³-hybridized carbons (Fsp3) is 0.700. The summed E-state index contributed by atoms with van der Waals surface area (Å²) in [6, 6.07) is 7.31. The van der Waals surface area contributed by atoms with Crippen molar-refractivity contribution in [2.75, 3.05) is 31.6 Å². The number of nitrogens with zero attached hydrogens (tertiary/aromatic N) is 1. The molecule has 0 saturated heterocycles. The van der Waals surface area contributed by atoms with E-state index in [1.165, 1.54) is 50.8 Å². The summed E-state index contributed by atoms with van der Waals surface area (Å²) in [5, 5.41) is 3.45. The van der Waals surface area contributed by atoms with E-state index >= 15 is 0 Å². The largest absolute Gasteiger partial charge is 0.490 e. The number of fused-ring (bicyclic) bond motifs is 1. The molecule has 0 saturated carbocycles. The average Bonchev–Trinajstić information content (AvgIpc) is 2.60. The molecule has 23 heavy (non-hydrogen) atoms. The lowest BCUT2D eigenvalue weighted by Crippen LogP contribution is -2.38. The third-order valence-corrected chi connectivity index (χ3v) is 4.78. The van der Waals surface area contributed by atoms with Gasteiger partial charge < -0.3 is 15.0 Å². The topological polar surface area (TPSA) is 24.5 Å². The van der Waals surface area contributed by atoms with E-state index in [2.05, 4.69) is 49.2 Å². The van der Waals surface area contributed by atoms with Gasteiger partial charge in [0.1, 0.15) is 12.4 Å². The molecule has 1 aliphatic heterocycles. The zero-order valence-corrected chi connectivity index (χ0v) is 15.2. The van der Waals surface area contributed by atoms with Crippen LogP contribution in [-0.4, -0.2) is 37.2 Å². The van der Waals surface area contributed by atoms with Crippen molar-refractivity contribution in [2.45, 2.75) is 65.3 Å². The molecule has 0 aromatic heterocycles. The Bertz CT molecular complexity index is 453. The van der Waals surface area contributed by atoms with Crippen LogP contribution in [0.3, 0.4) is 0 Å². The van der Waals surface area contributed by atoms with E-state index in [0.29, 0.717) is 6.04 Å². The van der Waals surface area contributed by atoms with Gasteiger partial charge in [-0.1, -0.05) is 39.7 Å². The lowest BCUT2D eigenvalue weighted by atomic mass is 10.0. The molecule has 1 heterocycles. The van der Waals surface area contributed by atoms with Gasteiger partial charge in [0.05, 0.1) is 5.69 Å². The zero-order valence-electron chi connectivity index (χ0n) is 15.2. The minimum absolute atomic E-state index is 0.649. The summed E-state index contributed by atoms with van der Waals surface area (Å²) in [5.41, 5.74) is 2.59. The molecule has 130 valence electrons. The van der Waals surface area contributed by atoms with Crippen LogP contribution >= 0.6 is 0 Å². The Morgan fingerprint density at radius 2 is 1.87 bits per heavy atom. The van der Waals surface area contributed by atoms with Gasteiger partial charge in [0.25, 0.3) is 0 Å². The van der Waals surface area contributed by atoms with Crippen molar-refractivity contribution in [1.29, 1.82) is 0 Å². The van der Waals surface area contributed by atoms with Gasteiger partial charge in [0.15, 0.2) is 0 Å². The van der Waals surface area contributed by atoms with Gasteiger partial charge in [-0.15, -0.1) is 0 Å². The smallest absolute Gasteiger partial charge is 0.142 e. The second kappa shape index (κ2) is 9.82. The van der Waals surface area contributed by atoms with Gasteiger partial charge >= 0.3 is 0 Å². The molecule has 1 atom stereocenters. The predicted octanol–water partition coefficient (Wildman–Crippen LogP) is 4.71. The summed E-state index contributed by atoms with van der Waals surface area (Å²) in [6.07, 6.45) is 7.52. The first-order valence-corrected chi connectivity index (χ1v) is 9.52. The maximum atomic E-state index is 5.69. The molecule has 0 fully saturated rings. The molecule has 1 aliphatic rings. The highest BCUT2D eigenvalue weighted by molar-refractivity contribution is 5.59. The van der Waals surface area contributed by atoms with Crippen LogP contribution < -0.4 is 10.1 Å². The average molecular weight is 319 g/mol. The van der Waals surface area contributed by atoms with E-state index in [1.807, 2.05) is 0 Å². The molecule has 0 aliphatic carbocycles. The van der Waals surface area contributed by atoms with Crippen LogP contribution in [0.4, 0.5) is 5.69 Å². The number of unbranched alkanes of at least 4 members (excludes halogenated alkanes) is 2. The number of hydrogen-bond donors (Lipinski definition) is 1. The molecular formula is C20H34N2O. The van der Waals surface area contributed by atoms with Crippen LogP contribution in [0.5, 0.6) is 5.75 Å². The van der Waals surface area contributed by atoms with Crippen molar-refractivity contribution in [2.24, 2.45) is 0 Å². The van der Waals surface area contributed by atoms with Gasteiger partial charge in [-0.25, -0.2) is 0 Å². The highest BCUT2D eigenvalue weighted by Gasteiger charge is 2.18. The van der Waals surface area contributed by atoms with Crippen LogP contribution in [0.25, 0.3) is 0 Å². The summed E-state index contributed by atoms with van der Waals surface area (Å²) >= 11 is 0. The van der Waals surface area contributed by atoms with Crippen LogP contribution in [0.15, 0.2) is 18.2 Å². The van der Waals surface area contributed by atoms with Crippen molar-refractivity contribution >= 4 is 5.69 Å². The monoisotopic (exact) mass is 318 g/mol.